The quantitative estimate of drug-likeness (QED) is 0.843. The molecule has 27 heavy (non-hydrogen) atoms. The molecular weight excluding hydrogens is 336 g/mol. The van der Waals surface area contributed by atoms with Crippen LogP contribution in [0, 0.1) is 17.8 Å². The number of carbonyl (C=O) groups is 2. The second-order valence-electron chi connectivity index (χ2n) is 9.46. The second kappa shape index (κ2) is 7.65. The van der Waals surface area contributed by atoms with Crippen LogP contribution >= 0.6 is 0 Å². The lowest BCUT2D eigenvalue weighted by molar-refractivity contribution is -0.133. The van der Waals surface area contributed by atoms with Crippen molar-refractivity contribution in [3.63, 3.8) is 0 Å². The van der Waals surface area contributed by atoms with Gasteiger partial charge in [0.2, 0.25) is 5.91 Å². The van der Waals surface area contributed by atoms with Crippen LogP contribution in [0.1, 0.15) is 76.2 Å². The molecule has 1 aliphatic heterocycles. The molecule has 148 valence electrons. The predicted octanol–water partition coefficient (Wildman–Crippen LogP) is 4.04. The van der Waals surface area contributed by atoms with Crippen molar-refractivity contribution < 1.29 is 9.59 Å². The maximum Gasteiger partial charge on any atom is 0.251 e. The van der Waals surface area contributed by atoms with Crippen molar-refractivity contribution in [1.29, 1.82) is 0 Å². The van der Waals surface area contributed by atoms with Crippen LogP contribution in [0.2, 0.25) is 0 Å². The maximum absolute atomic E-state index is 12.7. The topological polar surface area (TPSA) is 58.2 Å². The van der Waals surface area contributed by atoms with E-state index in [-0.39, 0.29) is 35.2 Å². The number of fused-ring (bicyclic) bond motifs is 1. The van der Waals surface area contributed by atoms with Crippen LogP contribution in [0.3, 0.4) is 0 Å². The van der Waals surface area contributed by atoms with E-state index in [0.717, 1.165) is 25.7 Å². The van der Waals surface area contributed by atoms with Gasteiger partial charge in [0.15, 0.2) is 0 Å². The smallest absolute Gasteiger partial charge is 0.251 e. The summed E-state index contributed by atoms with van der Waals surface area (Å²) in [6.07, 6.45) is 3.80. The van der Waals surface area contributed by atoms with E-state index in [1.54, 1.807) is 0 Å². The van der Waals surface area contributed by atoms with Gasteiger partial charge in [-0.15, -0.1) is 0 Å². The maximum atomic E-state index is 12.7. The van der Waals surface area contributed by atoms with Crippen LogP contribution in [0.4, 0.5) is 0 Å². The monoisotopic (exact) mass is 370 g/mol. The van der Waals surface area contributed by atoms with Crippen LogP contribution in [0.5, 0.6) is 0 Å². The minimum Gasteiger partial charge on any atom is -0.353 e. The molecule has 2 fully saturated rings. The van der Waals surface area contributed by atoms with Crippen molar-refractivity contribution in [2.45, 2.75) is 77.8 Å². The number of benzene rings is 1. The predicted molar refractivity (Wildman–Crippen MR) is 109 cm³/mol. The van der Waals surface area contributed by atoms with Gasteiger partial charge in [0.25, 0.3) is 5.91 Å². The number of hydrogen-bond donors (Lipinski definition) is 2. The molecule has 1 heterocycles. The summed E-state index contributed by atoms with van der Waals surface area (Å²) in [6, 6.07) is 8.24. The molecule has 5 unspecified atom stereocenters. The summed E-state index contributed by atoms with van der Waals surface area (Å²) in [5, 5.41) is 6.42. The molecule has 3 rings (SSSR count). The first-order valence-corrected chi connectivity index (χ1v) is 10.4. The third-order valence-corrected chi connectivity index (χ3v) is 6.67. The van der Waals surface area contributed by atoms with Crippen molar-refractivity contribution >= 4 is 11.8 Å². The van der Waals surface area contributed by atoms with Gasteiger partial charge in [-0.1, -0.05) is 46.8 Å². The van der Waals surface area contributed by atoms with Crippen LogP contribution in [0.15, 0.2) is 24.3 Å². The summed E-state index contributed by atoms with van der Waals surface area (Å²) in [7, 11) is 0. The number of amides is 2. The van der Waals surface area contributed by atoms with E-state index >= 15 is 0 Å². The summed E-state index contributed by atoms with van der Waals surface area (Å²) in [6.45, 7) is 10.8. The molecule has 0 spiro atoms. The van der Waals surface area contributed by atoms with Crippen molar-refractivity contribution in [2.24, 2.45) is 17.8 Å². The van der Waals surface area contributed by atoms with Gasteiger partial charge in [-0.2, -0.15) is 0 Å². The number of rotatable bonds is 3. The Morgan fingerprint density at radius 2 is 1.85 bits per heavy atom. The van der Waals surface area contributed by atoms with Gasteiger partial charge in [-0.05, 0) is 60.6 Å². The lowest BCUT2D eigenvalue weighted by Crippen LogP contribution is -2.58. The first kappa shape index (κ1) is 19.9. The molecule has 1 aromatic carbocycles. The largest absolute Gasteiger partial charge is 0.353 e. The number of hydrogen-bond acceptors (Lipinski definition) is 2. The summed E-state index contributed by atoms with van der Waals surface area (Å²) in [5.74, 6) is 1.28. The van der Waals surface area contributed by atoms with E-state index in [4.69, 9.17) is 0 Å². The molecule has 4 heteroatoms. The zero-order valence-electron chi connectivity index (χ0n) is 17.3. The van der Waals surface area contributed by atoms with Gasteiger partial charge in [0.1, 0.15) is 0 Å². The van der Waals surface area contributed by atoms with Gasteiger partial charge in [-0.3, -0.25) is 9.59 Å². The van der Waals surface area contributed by atoms with Crippen LogP contribution in [-0.4, -0.2) is 23.9 Å². The lowest BCUT2D eigenvalue weighted by atomic mass is 9.67. The Bertz CT molecular complexity index is 689. The van der Waals surface area contributed by atoms with Crippen LogP contribution in [-0.2, 0) is 10.2 Å². The Morgan fingerprint density at radius 1 is 1.19 bits per heavy atom. The fourth-order valence-corrected chi connectivity index (χ4v) is 4.89. The minimum absolute atomic E-state index is 0.0134. The molecule has 2 N–H and O–H groups in total. The molecule has 1 aliphatic carbocycles. The molecule has 0 bridgehead atoms. The summed E-state index contributed by atoms with van der Waals surface area (Å²) < 4.78 is 0. The molecule has 0 aromatic heterocycles. The molecule has 4 nitrogen and oxygen atoms in total. The normalized spacial score (nSPS) is 31.0. The standard InChI is InChI=1S/C23H34N2O2/c1-6-18-14(2)19-12-11-17(13-20(19)25-22(18)27)24-21(26)15-7-9-16(10-8-15)23(3,4)5/h7-10,14,17-20H,6,11-13H2,1-5H3,(H,24,26)(H,25,27). The average Bonchev–Trinajstić information content (AvgIpc) is 2.61. The highest BCUT2D eigenvalue weighted by Crippen LogP contribution is 2.39. The average molecular weight is 371 g/mol. The molecular formula is C23H34N2O2. The summed E-state index contributed by atoms with van der Waals surface area (Å²) in [5.41, 5.74) is 2.01. The third kappa shape index (κ3) is 4.20. The SMILES string of the molecule is CCC1C(=O)NC2CC(NC(=O)c3ccc(C(C)(C)C)cc3)CCC2C1C. The van der Waals surface area contributed by atoms with E-state index < -0.39 is 0 Å². The zero-order valence-corrected chi connectivity index (χ0v) is 17.3. The Balaban J connectivity index is 1.61. The van der Waals surface area contributed by atoms with E-state index in [1.165, 1.54) is 5.56 Å². The highest BCUT2D eigenvalue weighted by molar-refractivity contribution is 5.94. The molecule has 0 radical (unpaired) electrons. The Labute approximate surface area is 163 Å². The van der Waals surface area contributed by atoms with E-state index in [0.29, 0.717) is 17.4 Å². The van der Waals surface area contributed by atoms with E-state index in [9.17, 15) is 9.59 Å². The molecule has 1 saturated carbocycles. The highest BCUT2D eigenvalue weighted by atomic mass is 16.2. The van der Waals surface area contributed by atoms with Crippen molar-refractivity contribution in [3.05, 3.63) is 35.4 Å². The van der Waals surface area contributed by atoms with Crippen molar-refractivity contribution in [1.82, 2.24) is 10.6 Å². The van der Waals surface area contributed by atoms with E-state index in [2.05, 4.69) is 45.3 Å². The number of carbonyl (C=O) groups excluding carboxylic acids is 2. The lowest BCUT2D eigenvalue weighted by Gasteiger charge is -2.46. The van der Waals surface area contributed by atoms with Crippen molar-refractivity contribution in [3.8, 4) is 0 Å². The van der Waals surface area contributed by atoms with Crippen LogP contribution < -0.4 is 10.6 Å². The fraction of sp³-hybridized carbons (Fsp3) is 0.652. The molecule has 2 aliphatic rings. The third-order valence-electron chi connectivity index (χ3n) is 6.67. The molecule has 1 saturated heterocycles. The minimum atomic E-state index is -0.0134. The van der Waals surface area contributed by atoms with Gasteiger partial charge < -0.3 is 10.6 Å². The highest BCUT2D eigenvalue weighted by Gasteiger charge is 2.43. The Morgan fingerprint density at radius 3 is 2.44 bits per heavy atom. The van der Waals surface area contributed by atoms with Crippen molar-refractivity contribution in [2.75, 3.05) is 0 Å². The second-order valence-corrected chi connectivity index (χ2v) is 9.46. The number of nitrogens with one attached hydrogen (secondary N) is 2. The molecule has 1 aromatic rings. The van der Waals surface area contributed by atoms with E-state index in [1.807, 2.05) is 24.3 Å². The molecule has 5 atom stereocenters. The zero-order chi connectivity index (χ0) is 19.8. The van der Waals surface area contributed by atoms with Gasteiger partial charge >= 0.3 is 0 Å². The van der Waals surface area contributed by atoms with Crippen LogP contribution in [0.25, 0.3) is 0 Å². The Hall–Kier alpha value is -1.84. The molecule has 2 amide bonds. The first-order valence-electron chi connectivity index (χ1n) is 10.4. The summed E-state index contributed by atoms with van der Waals surface area (Å²) in [4.78, 5) is 25.0. The Kier molecular flexibility index (Phi) is 5.64. The fourth-order valence-electron chi connectivity index (χ4n) is 4.89. The van der Waals surface area contributed by atoms with Gasteiger partial charge in [0.05, 0.1) is 0 Å². The summed E-state index contributed by atoms with van der Waals surface area (Å²) >= 11 is 0. The first-order chi connectivity index (χ1) is 12.7. The van der Waals surface area contributed by atoms with Gasteiger partial charge in [0, 0.05) is 23.6 Å². The number of piperidine rings is 1. The van der Waals surface area contributed by atoms with Gasteiger partial charge in [-0.25, -0.2) is 0 Å².